The van der Waals surface area contributed by atoms with E-state index in [0.29, 0.717) is 6.04 Å². The second kappa shape index (κ2) is 4.25. The average molecular weight is 207 g/mol. The van der Waals surface area contributed by atoms with Crippen molar-refractivity contribution in [1.82, 2.24) is 9.55 Å². The summed E-state index contributed by atoms with van der Waals surface area (Å²) in [6.45, 7) is 7.52. The lowest BCUT2D eigenvalue weighted by Gasteiger charge is -2.26. The van der Waals surface area contributed by atoms with Gasteiger partial charge in [-0.15, -0.1) is 0 Å². The van der Waals surface area contributed by atoms with Crippen LogP contribution in [0.2, 0.25) is 0 Å². The monoisotopic (exact) mass is 207 g/mol. The molecule has 0 saturated heterocycles. The molecule has 3 heteroatoms. The number of rotatable bonds is 4. The maximum atomic E-state index is 4.51. The summed E-state index contributed by atoms with van der Waals surface area (Å²) in [6, 6.07) is 0.482. The van der Waals surface area contributed by atoms with Crippen LogP contribution in [0.1, 0.15) is 44.8 Å². The molecule has 0 aliphatic heterocycles. The van der Waals surface area contributed by atoms with Crippen LogP contribution in [0, 0.1) is 12.8 Å². The van der Waals surface area contributed by atoms with Crippen molar-refractivity contribution in [2.45, 2.75) is 46.1 Å². The Balaban J connectivity index is 1.98. The van der Waals surface area contributed by atoms with E-state index in [2.05, 4.69) is 34.9 Å². The highest BCUT2D eigenvalue weighted by atomic mass is 15.2. The lowest BCUT2D eigenvalue weighted by Crippen LogP contribution is -2.22. The van der Waals surface area contributed by atoms with Gasteiger partial charge in [-0.3, -0.25) is 0 Å². The molecule has 0 aromatic carbocycles. The fraction of sp³-hybridized carbons (Fsp3) is 0.750. The molecule has 0 radical (unpaired) electrons. The molecule has 1 aliphatic carbocycles. The van der Waals surface area contributed by atoms with E-state index in [1.807, 2.05) is 6.92 Å². The van der Waals surface area contributed by atoms with Crippen molar-refractivity contribution in [2.75, 3.05) is 11.9 Å². The lowest BCUT2D eigenvalue weighted by atomic mass is 9.85. The van der Waals surface area contributed by atoms with E-state index < -0.39 is 0 Å². The van der Waals surface area contributed by atoms with E-state index in [-0.39, 0.29) is 0 Å². The first kappa shape index (κ1) is 10.5. The molecular formula is C12H21N3. The van der Waals surface area contributed by atoms with Crippen LogP contribution in [0.15, 0.2) is 6.20 Å². The molecule has 1 heterocycles. The van der Waals surface area contributed by atoms with E-state index >= 15 is 0 Å². The summed E-state index contributed by atoms with van der Waals surface area (Å²) in [4.78, 5) is 4.51. The molecule has 15 heavy (non-hydrogen) atoms. The van der Waals surface area contributed by atoms with Crippen LogP contribution in [0.4, 0.5) is 5.95 Å². The summed E-state index contributed by atoms with van der Waals surface area (Å²) >= 11 is 0. The quantitative estimate of drug-likeness (QED) is 0.822. The fourth-order valence-electron chi connectivity index (χ4n) is 1.97. The van der Waals surface area contributed by atoms with Gasteiger partial charge in [0.05, 0.1) is 5.69 Å². The van der Waals surface area contributed by atoms with Gasteiger partial charge >= 0.3 is 0 Å². The molecule has 0 unspecified atom stereocenters. The van der Waals surface area contributed by atoms with Crippen molar-refractivity contribution >= 4 is 5.95 Å². The van der Waals surface area contributed by atoms with Crippen LogP contribution in [-0.4, -0.2) is 16.1 Å². The van der Waals surface area contributed by atoms with Gasteiger partial charge in [-0.05, 0) is 39.5 Å². The first-order chi connectivity index (χ1) is 7.16. The first-order valence-corrected chi connectivity index (χ1v) is 5.96. The van der Waals surface area contributed by atoms with Crippen molar-refractivity contribution in [2.24, 2.45) is 5.92 Å². The number of anilines is 1. The smallest absolute Gasteiger partial charge is 0.203 e. The van der Waals surface area contributed by atoms with Crippen LogP contribution in [-0.2, 0) is 0 Å². The van der Waals surface area contributed by atoms with E-state index in [4.69, 9.17) is 0 Å². The van der Waals surface area contributed by atoms with Gasteiger partial charge in [-0.2, -0.15) is 0 Å². The number of aryl methyl sites for hydroxylation is 1. The van der Waals surface area contributed by atoms with Crippen LogP contribution in [0.5, 0.6) is 0 Å². The molecule has 0 bridgehead atoms. The highest BCUT2D eigenvalue weighted by Crippen LogP contribution is 2.26. The van der Waals surface area contributed by atoms with Gasteiger partial charge in [-0.25, -0.2) is 4.98 Å². The molecule has 84 valence electrons. The third-order valence-electron chi connectivity index (χ3n) is 3.18. The Morgan fingerprint density at radius 2 is 2.27 bits per heavy atom. The third kappa shape index (κ3) is 2.33. The molecule has 3 nitrogen and oxygen atoms in total. The Hall–Kier alpha value is -0.990. The number of nitrogens with one attached hydrogen (secondary N) is 1. The van der Waals surface area contributed by atoms with Gasteiger partial charge in [0.15, 0.2) is 0 Å². The Bertz CT molecular complexity index is 324. The number of nitrogens with zero attached hydrogens (tertiary/aromatic N) is 2. The average Bonchev–Trinajstić information content (AvgIpc) is 2.44. The summed E-state index contributed by atoms with van der Waals surface area (Å²) in [5.74, 6) is 1.91. The van der Waals surface area contributed by atoms with Crippen LogP contribution in [0.25, 0.3) is 0 Å². The van der Waals surface area contributed by atoms with Crippen molar-refractivity contribution in [3.05, 3.63) is 11.9 Å². The number of hydrogen-bond acceptors (Lipinski definition) is 2. The first-order valence-electron chi connectivity index (χ1n) is 5.96. The number of imidazole rings is 1. The normalized spacial score (nSPS) is 16.8. The van der Waals surface area contributed by atoms with Crippen LogP contribution in [0.3, 0.4) is 0 Å². The summed E-state index contributed by atoms with van der Waals surface area (Å²) < 4.78 is 2.22. The van der Waals surface area contributed by atoms with Gasteiger partial charge < -0.3 is 9.88 Å². The summed E-state index contributed by atoms with van der Waals surface area (Å²) in [5, 5.41) is 3.47. The Kier molecular flexibility index (Phi) is 2.98. The fourth-order valence-corrected chi connectivity index (χ4v) is 1.97. The van der Waals surface area contributed by atoms with Crippen LogP contribution < -0.4 is 5.32 Å². The molecule has 1 aliphatic rings. The molecule has 1 aromatic rings. The predicted molar refractivity (Wildman–Crippen MR) is 63.2 cm³/mol. The molecule has 2 rings (SSSR count). The van der Waals surface area contributed by atoms with E-state index in [1.54, 1.807) is 0 Å². The maximum absolute atomic E-state index is 4.51. The molecule has 0 spiro atoms. The Morgan fingerprint density at radius 3 is 2.80 bits per heavy atom. The minimum atomic E-state index is 0.482. The summed E-state index contributed by atoms with van der Waals surface area (Å²) in [5.41, 5.74) is 1.10. The second-order valence-electron chi connectivity index (χ2n) is 4.88. The molecule has 1 aromatic heterocycles. The van der Waals surface area contributed by atoms with Gasteiger partial charge in [0.2, 0.25) is 5.95 Å². The van der Waals surface area contributed by atoms with Gasteiger partial charge in [0, 0.05) is 18.8 Å². The molecule has 1 N–H and O–H groups in total. The van der Waals surface area contributed by atoms with E-state index in [1.165, 1.54) is 19.3 Å². The molecule has 0 amide bonds. The Morgan fingerprint density at radius 1 is 1.53 bits per heavy atom. The van der Waals surface area contributed by atoms with Crippen LogP contribution >= 0.6 is 0 Å². The highest BCUT2D eigenvalue weighted by molar-refractivity contribution is 5.29. The topological polar surface area (TPSA) is 29.9 Å². The molecule has 0 atom stereocenters. The summed E-state index contributed by atoms with van der Waals surface area (Å²) in [6.07, 6.45) is 6.29. The minimum Gasteiger partial charge on any atom is -0.355 e. The maximum Gasteiger partial charge on any atom is 0.203 e. The van der Waals surface area contributed by atoms with Crippen molar-refractivity contribution in [3.63, 3.8) is 0 Å². The van der Waals surface area contributed by atoms with Gasteiger partial charge in [-0.1, -0.05) is 6.42 Å². The molecular weight excluding hydrogens is 186 g/mol. The zero-order valence-electron chi connectivity index (χ0n) is 9.95. The second-order valence-corrected chi connectivity index (χ2v) is 4.88. The predicted octanol–water partition coefficient (Wildman–Crippen LogP) is 2.98. The molecule has 1 fully saturated rings. The van der Waals surface area contributed by atoms with Crippen molar-refractivity contribution in [3.8, 4) is 0 Å². The standard InChI is InChI=1S/C12H21N3/c1-9(2)15-8-10(3)14-12(15)13-7-11-5-4-6-11/h8-9,11H,4-7H2,1-3H3,(H,13,14). The van der Waals surface area contributed by atoms with Crippen molar-refractivity contribution < 1.29 is 0 Å². The zero-order valence-corrected chi connectivity index (χ0v) is 9.95. The minimum absolute atomic E-state index is 0.482. The number of hydrogen-bond donors (Lipinski definition) is 1. The lowest BCUT2D eigenvalue weighted by molar-refractivity contribution is 0.332. The van der Waals surface area contributed by atoms with Gasteiger partial charge in [0.25, 0.3) is 0 Å². The third-order valence-corrected chi connectivity index (χ3v) is 3.18. The Labute approximate surface area is 91.9 Å². The van der Waals surface area contributed by atoms with E-state index in [9.17, 15) is 0 Å². The SMILES string of the molecule is Cc1cn(C(C)C)c(NCC2CCC2)n1. The number of aromatic nitrogens is 2. The molecule has 1 saturated carbocycles. The summed E-state index contributed by atoms with van der Waals surface area (Å²) in [7, 11) is 0. The zero-order chi connectivity index (χ0) is 10.8. The van der Waals surface area contributed by atoms with E-state index in [0.717, 1.165) is 24.1 Å². The van der Waals surface area contributed by atoms with Gasteiger partial charge in [0.1, 0.15) is 0 Å². The largest absolute Gasteiger partial charge is 0.355 e. The highest BCUT2D eigenvalue weighted by Gasteiger charge is 2.18. The van der Waals surface area contributed by atoms with Crippen molar-refractivity contribution in [1.29, 1.82) is 0 Å².